The molecule has 0 spiro atoms. The minimum atomic E-state index is -0.634. The topological polar surface area (TPSA) is 68.3 Å². The number of ether oxygens (including phenoxy) is 1. The number of benzene rings is 2. The van der Waals surface area contributed by atoms with Gasteiger partial charge in [-0.25, -0.2) is 9.78 Å². The Labute approximate surface area is 166 Å². The molecule has 1 heterocycles. The van der Waals surface area contributed by atoms with E-state index in [1.54, 1.807) is 36.4 Å². The molecule has 2 aromatic carbocycles. The van der Waals surface area contributed by atoms with Gasteiger partial charge in [0, 0.05) is 10.4 Å². The molecule has 0 fully saturated rings. The number of aromatic nitrogens is 1. The van der Waals surface area contributed by atoms with E-state index in [-0.39, 0.29) is 16.8 Å². The van der Waals surface area contributed by atoms with Crippen LogP contribution in [0.25, 0.3) is 10.9 Å². The third kappa shape index (κ3) is 4.76. The molecular weight excluding hydrogens is 387 g/mol. The van der Waals surface area contributed by atoms with Gasteiger partial charge in [0.25, 0.3) is 5.91 Å². The Bertz CT molecular complexity index is 990. The smallest absolute Gasteiger partial charge is 0.339 e. The third-order valence-electron chi connectivity index (χ3n) is 3.99. The van der Waals surface area contributed by atoms with E-state index < -0.39 is 18.5 Å². The molecule has 3 aromatic rings. The normalized spacial score (nSPS) is 11.8. The van der Waals surface area contributed by atoms with Gasteiger partial charge in [-0.05, 0) is 36.8 Å². The van der Waals surface area contributed by atoms with Gasteiger partial charge in [0.2, 0.25) is 0 Å². The predicted molar refractivity (Wildman–Crippen MR) is 105 cm³/mol. The second kappa shape index (κ2) is 8.37. The van der Waals surface area contributed by atoms with Crippen molar-refractivity contribution in [3.05, 3.63) is 75.9 Å². The molecule has 5 nitrogen and oxygen atoms in total. The van der Waals surface area contributed by atoms with E-state index in [0.717, 1.165) is 5.56 Å². The molecule has 138 valence electrons. The molecule has 0 aliphatic heterocycles. The van der Waals surface area contributed by atoms with E-state index in [0.29, 0.717) is 15.9 Å². The summed E-state index contributed by atoms with van der Waals surface area (Å²) in [5.74, 6) is -1.04. The molecule has 0 aliphatic rings. The number of nitrogens with zero attached hydrogens (tertiary/aromatic N) is 1. The number of rotatable bonds is 5. The van der Waals surface area contributed by atoms with Crippen molar-refractivity contribution in [1.82, 2.24) is 10.3 Å². The fourth-order valence-corrected chi connectivity index (χ4v) is 2.96. The minimum Gasteiger partial charge on any atom is -0.452 e. The lowest BCUT2D eigenvalue weighted by Crippen LogP contribution is -2.31. The number of halogens is 2. The Kier molecular flexibility index (Phi) is 5.94. The SMILES string of the molecule is C[C@@H](NC(=O)COC(=O)c1cc(Cl)nc2ccccc12)c1ccc(Cl)cc1. The largest absolute Gasteiger partial charge is 0.452 e. The molecule has 7 heteroatoms. The second-order valence-electron chi connectivity index (χ2n) is 5.93. The zero-order chi connectivity index (χ0) is 19.4. The first kappa shape index (κ1) is 19.1. The minimum absolute atomic E-state index is 0.182. The molecule has 0 unspecified atom stereocenters. The number of para-hydroxylation sites is 1. The average Bonchev–Trinajstić information content (AvgIpc) is 2.65. The number of fused-ring (bicyclic) bond motifs is 1. The van der Waals surface area contributed by atoms with Crippen molar-refractivity contribution < 1.29 is 14.3 Å². The molecule has 0 bridgehead atoms. The van der Waals surface area contributed by atoms with Crippen LogP contribution in [-0.4, -0.2) is 23.5 Å². The van der Waals surface area contributed by atoms with Crippen LogP contribution in [0.2, 0.25) is 10.2 Å². The van der Waals surface area contributed by atoms with Gasteiger partial charge in [0.05, 0.1) is 17.1 Å². The van der Waals surface area contributed by atoms with E-state index in [4.69, 9.17) is 27.9 Å². The fourth-order valence-electron chi connectivity index (χ4n) is 2.64. The summed E-state index contributed by atoms with van der Waals surface area (Å²) in [5, 5.41) is 4.19. The van der Waals surface area contributed by atoms with E-state index >= 15 is 0 Å². The van der Waals surface area contributed by atoms with Crippen LogP contribution in [0.5, 0.6) is 0 Å². The lowest BCUT2D eigenvalue weighted by molar-refractivity contribution is -0.124. The lowest BCUT2D eigenvalue weighted by atomic mass is 10.1. The van der Waals surface area contributed by atoms with Crippen LogP contribution in [0.4, 0.5) is 0 Å². The maximum absolute atomic E-state index is 12.4. The summed E-state index contributed by atoms with van der Waals surface area (Å²) in [6, 6.07) is 15.4. The number of nitrogens with one attached hydrogen (secondary N) is 1. The molecule has 0 saturated carbocycles. The molecule has 0 saturated heterocycles. The van der Waals surface area contributed by atoms with Gasteiger partial charge in [-0.1, -0.05) is 53.5 Å². The first-order valence-electron chi connectivity index (χ1n) is 8.21. The second-order valence-corrected chi connectivity index (χ2v) is 6.75. The average molecular weight is 403 g/mol. The molecule has 1 atom stereocenters. The molecule has 3 rings (SSSR count). The van der Waals surface area contributed by atoms with Crippen molar-refractivity contribution in [3.63, 3.8) is 0 Å². The van der Waals surface area contributed by atoms with Gasteiger partial charge in [0.15, 0.2) is 6.61 Å². The predicted octanol–water partition coefficient (Wildman–Crippen LogP) is 4.58. The number of hydrogen-bond donors (Lipinski definition) is 1. The van der Waals surface area contributed by atoms with Gasteiger partial charge in [-0.2, -0.15) is 0 Å². The quantitative estimate of drug-likeness (QED) is 0.500. The number of carbonyl (C=O) groups is 2. The lowest BCUT2D eigenvalue weighted by Gasteiger charge is -2.14. The highest BCUT2D eigenvalue weighted by molar-refractivity contribution is 6.30. The van der Waals surface area contributed by atoms with Crippen LogP contribution in [0.1, 0.15) is 28.9 Å². The summed E-state index contributed by atoms with van der Waals surface area (Å²) in [6.45, 7) is 1.43. The maximum atomic E-state index is 12.4. The Morgan fingerprint density at radius 3 is 2.56 bits per heavy atom. The summed E-state index contributed by atoms with van der Waals surface area (Å²) in [4.78, 5) is 28.7. The van der Waals surface area contributed by atoms with Crippen LogP contribution in [0, 0.1) is 0 Å². The van der Waals surface area contributed by atoms with Crippen LogP contribution < -0.4 is 5.32 Å². The maximum Gasteiger partial charge on any atom is 0.339 e. The van der Waals surface area contributed by atoms with Gasteiger partial charge in [-0.15, -0.1) is 0 Å². The summed E-state index contributed by atoms with van der Waals surface area (Å²) >= 11 is 11.8. The zero-order valence-electron chi connectivity index (χ0n) is 14.4. The van der Waals surface area contributed by atoms with E-state index in [1.165, 1.54) is 6.07 Å². The molecule has 1 N–H and O–H groups in total. The molecule has 0 radical (unpaired) electrons. The van der Waals surface area contributed by atoms with Crippen LogP contribution in [-0.2, 0) is 9.53 Å². The monoisotopic (exact) mass is 402 g/mol. The number of amides is 1. The summed E-state index contributed by atoms with van der Waals surface area (Å²) in [5.41, 5.74) is 1.74. The van der Waals surface area contributed by atoms with Gasteiger partial charge in [0.1, 0.15) is 5.15 Å². The highest BCUT2D eigenvalue weighted by Crippen LogP contribution is 2.21. The van der Waals surface area contributed by atoms with Gasteiger partial charge < -0.3 is 10.1 Å². The van der Waals surface area contributed by atoms with Crippen LogP contribution in [0.3, 0.4) is 0 Å². The third-order valence-corrected chi connectivity index (χ3v) is 4.43. The van der Waals surface area contributed by atoms with Crippen molar-refractivity contribution in [3.8, 4) is 0 Å². The van der Waals surface area contributed by atoms with Crippen molar-refractivity contribution in [2.75, 3.05) is 6.61 Å². The first-order chi connectivity index (χ1) is 12.9. The van der Waals surface area contributed by atoms with Crippen molar-refractivity contribution in [2.24, 2.45) is 0 Å². The first-order valence-corrected chi connectivity index (χ1v) is 8.97. The molecular formula is C20H16Cl2N2O3. The number of hydrogen-bond acceptors (Lipinski definition) is 4. The highest BCUT2D eigenvalue weighted by atomic mass is 35.5. The molecule has 1 amide bonds. The highest BCUT2D eigenvalue weighted by Gasteiger charge is 2.16. The van der Waals surface area contributed by atoms with Crippen molar-refractivity contribution in [2.45, 2.75) is 13.0 Å². The number of carbonyl (C=O) groups excluding carboxylic acids is 2. The Hall–Kier alpha value is -2.63. The number of pyridine rings is 1. The standard InChI is InChI=1S/C20H16Cl2N2O3/c1-12(13-6-8-14(21)9-7-13)23-19(25)11-27-20(26)16-10-18(22)24-17-5-3-2-4-15(16)17/h2-10,12H,11H2,1H3,(H,23,25)/t12-/m1/s1. The summed E-state index contributed by atoms with van der Waals surface area (Å²) < 4.78 is 5.15. The van der Waals surface area contributed by atoms with Crippen LogP contribution in [0.15, 0.2) is 54.6 Å². The summed E-state index contributed by atoms with van der Waals surface area (Å²) in [6.07, 6.45) is 0. The molecule has 1 aromatic heterocycles. The van der Waals surface area contributed by atoms with Crippen molar-refractivity contribution in [1.29, 1.82) is 0 Å². The Morgan fingerprint density at radius 1 is 1.11 bits per heavy atom. The van der Waals surface area contributed by atoms with E-state index in [9.17, 15) is 9.59 Å². The number of esters is 1. The van der Waals surface area contributed by atoms with Gasteiger partial charge in [-0.3, -0.25) is 4.79 Å². The molecule has 27 heavy (non-hydrogen) atoms. The van der Waals surface area contributed by atoms with Crippen LogP contribution >= 0.6 is 23.2 Å². The summed E-state index contributed by atoms with van der Waals surface area (Å²) in [7, 11) is 0. The van der Waals surface area contributed by atoms with Crippen molar-refractivity contribution >= 4 is 46.0 Å². The molecule has 0 aliphatic carbocycles. The van der Waals surface area contributed by atoms with E-state index in [2.05, 4.69) is 10.3 Å². The zero-order valence-corrected chi connectivity index (χ0v) is 15.9. The fraction of sp³-hybridized carbons (Fsp3) is 0.150. The Morgan fingerprint density at radius 2 is 1.81 bits per heavy atom. The van der Waals surface area contributed by atoms with Gasteiger partial charge >= 0.3 is 5.97 Å². The van der Waals surface area contributed by atoms with E-state index in [1.807, 2.05) is 19.1 Å². The Balaban J connectivity index is 1.64.